The molecule has 0 bridgehead atoms. The number of para-hydroxylation sites is 1. The summed E-state index contributed by atoms with van der Waals surface area (Å²) >= 11 is 3.44. The Morgan fingerprint density at radius 2 is 1.89 bits per heavy atom. The molecule has 0 spiro atoms. The van der Waals surface area contributed by atoms with Crippen LogP contribution in [0.5, 0.6) is 11.5 Å². The van der Waals surface area contributed by atoms with Crippen molar-refractivity contribution in [2.24, 2.45) is 0 Å². The molecule has 0 aliphatic carbocycles. The van der Waals surface area contributed by atoms with E-state index in [0.717, 1.165) is 10.0 Å². The third-order valence-electron chi connectivity index (χ3n) is 2.62. The zero-order chi connectivity index (χ0) is 13.7. The molecule has 0 saturated heterocycles. The van der Waals surface area contributed by atoms with E-state index in [9.17, 15) is 0 Å². The second kappa shape index (κ2) is 6.26. The fourth-order valence-electron chi connectivity index (χ4n) is 1.62. The molecule has 0 aliphatic heterocycles. The standard InChI is InChI=1S/C15H12BrNO2/c1-18-14-4-2-3-13(16)15(14)19-10-12-7-5-11(9-17)6-8-12/h2-8H,10H2,1H3. The van der Waals surface area contributed by atoms with Crippen LogP contribution in [0.1, 0.15) is 11.1 Å². The summed E-state index contributed by atoms with van der Waals surface area (Å²) in [5.41, 5.74) is 1.64. The highest BCUT2D eigenvalue weighted by Crippen LogP contribution is 2.35. The van der Waals surface area contributed by atoms with E-state index in [0.29, 0.717) is 23.7 Å². The predicted molar refractivity (Wildman–Crippen MR) is 76.2 cm³/mol. The molecular weight excluding hydrogens is 306 g/mol. The molecule has 2 aromatic rings. The maximum absolute atomic E-state index is 8.74. The van der Waals surface area contributed by atoms with Gasteiger partial charge in [-0.25, -0.2) is 0 Å². The molecule has 2 rings (SSSR count). The van der Waals surface area contributed by atoms with Gasteiger partial charge in [-0.05, 0) is 45.8 Å². The Bertz CT molecular complexity index is 603. The number of hydrogen-bond donors (Lipinski definition) is 0. The molecule has 0 radical (unpaired) electrons. The third-order valence-corrected chi connectivity index (χ3v) is 3.24. The summed E-state index contributed by atoms with van der Waals surface area (Å²) in [5.74, 6) is 1.36. The van der Waals surface area contributed by atoms with Crippen LogP contribution in [0.15, 0.2) is 46.9 Å². The number of hydrogen-bond acceptors (Lipinski definition) is 3. The van der Waals surface area contributed by atoms with Gasteiger partial charge in [0.1, 0.15) is 6.61 Å². The van der Waals surface area contributed by atoms with Gasteiger partial charge in [-0.15, -0.1) is 0 Å². The van der Waals surface area contributed by atoms with Crippen LogP contribution in [-0.4, -0.2) is 7.11 Å². The van der Waals surface area contributed by atoms with Gasteiger partial charge in [0.15, 0.2) is 11.5 Å². The van der Waals surface area contributed by atoms with E-state index in [1.54, 1.807) is 19.2 Å². The summed E-state index contributed by atoms with van der Waals surface area (Å²) in [5, 5.41) is 8.74. The molecule has 3 nitrogen and oxygen atoms in total. The molecule has 2 aromatic carbocycles. The smallest absolute Gasteiger partial charge is 0.175 e. The topological polar surface area (TPSA) is 42.2 Å². The van der Waals surface area contributed by atoms with Gasteiger partial charge in [0.05, 0.1) is 23.2 Å². The molecule has 0 aliphatic rings. The summed E-state index contributed by atoms with van der Waals surface area (Å²) < 4.78 is 11.9. The number of halogens is 1. The van der Waals surface area contributed by atoms with Gasteiger partial charge >= 0.3 is 0 Å². The van der Waals surface area contributed by atoms with Gasteiger partial charge in [-0.2, -0.15) is 5.26 Å². The lowest BCUT2D eigenvalue weighted by atomic mass is 10.1. The van der Waals surface area contributed by atoms with Gasteiger partial charge in [0.25, 0.3) is 0 Å². The Kier molecular flexibility index (Phi) is 4.43. The Morgan fingerprint density at radius 3 is 2.53 bits per heavy atom. The number of ether oxygens (including phenoxy) is 2. The molecule has 0 heterocycles. The normalized spacial score (nSPS) is 9.74. The fraction of sp³-hybridized carbons (Fsp3) is 0.133. The molecule has 96 valence electrons. The summed E-state index contributed by atoms with van der Waals surface area (Å²) in [4.78, 5) is 0. The number of benzene rings is 2. The van der Waals surface area contributed by atoms with E-state index in [4.69, 9.17) is 14.7 Å². The van der Waals surface area contributed by atoms with Crippen molar-refractivity contribution in [2.45, 2.75) is 6.61 Å². The van der Waals surface area contributed by atoms with Crippen molar-refractivity contribution in [3.8, 4) is 17.6 Å². The number of rotatable bonds is 4. The van der Waals surface area contributed by atoms with Gasteiger partial charge in [0, 0.05) is 0 Å². The van der Waals surface area contributed by atoms with Gasteiger partial charge in [-0.1, -0.05) is 18.2 Å². The molecule has 0 fully saturated rings. The van der Waals surface area contributed by atoms with E-state index in [1.165, 1.54) is 0 Å². The first-order valence-electron chi connectivity index (χ1n) is 5.69. The maximum Gasteiger partial charge on any atom is 0.175 e. The zero-order valence-electron chi connectivity index (χ0n) is 10.4. The summed E-state index contributed by atoms with van der Waals surface area (Å²) in [6.07, 6.45) is 0. The average Bonchev–Trinajstić information content (AvgIpc) is 2.46. The molecule has 0 unspecified atom stereocenters. The monoisotopic (exact) mass is 317 g/mol. The second-order valence-electron chi connectivity index (χ2n) is 3.87. The highest BCUT2D eigenvalue weighted by molar-refractivity contribution is 9.10. The molecular formula is C15H12BrNO2. The summed E-state index contributed by atoms with van der Waals surface area (Å²) in [6, 6.07) is 15.0. The minimum absolute atomic E-state index is 0.421. The van der Waals surface area contributed by atoms with Crippen LogP contribution in [0.2, 0.25) is 0 Å². The molecule has 4 heteroatoms. The first-order valence-corrected chi connectivity index (χ1v) is 6.48. The first-order chi connectivity index (χ1) is 9.24. The van der Waals surface area contributed by atoms with Crippen molar-refractivity contribution >= 4 is 15.9 Å². The highest BCUT2D eigenvalue weighted by Gasteiger charge is 2.08. The Morgan fingerprint density at radius 1 is 1.16 bits per heavy atom. The third kappa shape index (κ3) is 3.27. The minimum atomic E-state index is 0.421. The number of nitrogens with zero attached hydrogens (tertiary/aromatic N) is 1. The first kappa shape index (κ1) is 13.4. The van der Waals surface area contributed by atoms with Crippen LogP contribution >= 0.6 is 15.9 Å². The molecule has 0 aromatic heterocycles. The van der Waals surface area contributed by atoms with Crippen LogP contribution in [0, 0.1) is 11.3 Å². The predicted octanol–water partition coefficient (Wildman–Crippen LogP) is 3.91. The quantitative estimate of drug-likeness (QED) is 0.858. The molecule has 19 heavy (non-hydrogen) atoms. The van der Waals surface area contributed by atoms with Crippen molar-refractivity contribution in [2.75, 3.05) is 7.11 Å². The van der Waals surface area contributed by atoms with E-state index >= 15 is 0 Å². The van der Waals surface area contributed by atoms with Gasteiger partial charge < -0.3 is 9.47 Å². The summed E-state index contributed by atoms with van der Waals surface area (Å²) in [6.45, 7) is 0.421. The van der Waals surface area contributed by atoms with Crippen molar-refractivity contribution in [3.63, 3.8) is 0 Å². The lowest BCUT2D eigenvalue weighted by molar-refractivity contribution is 0.282. The lowest BCUT2D eigenvalue weighted by Gasteiger charge is -2.12. The Labute approximate surface area is 120 Å². The number of methoxy groups -OCH3 is 1. The van der Waals surface area contributed by atoms with Crippen molar-refractivity contribution < 1.29 is 9.47 Å². The SMILES string of the molecule is COc1cccc(Br)c1OCc1ccc(C#N)cc1. The van der Waals surface area contributed by atoms with Crippen molar-refractivity contribution in [3.05, 3.63) is 58.1 Å². The van der Waals surface area contributed by atoms with Crippen molar-refractivity contribution in [1.82, 2.24) is 0 Å². The Balaban J connectivity index is 2.12. The number of nitriles is 1. The molecule has 0 N–H and O–H groups in total. The minimum Gasteiger partial charge on any atom is -0.493 e. The Hall–Kier alpha value is -1.99. The van der Waals surface area contributed by atoms with E-state index < -0.39 is 0 Å². The zero-order valence-corrected chi connectivity index (χ0v) is 12.0. The fourth-order valence-corrected chi connectivity index (χ4v) is 2.08. The molecule has 0 amide bonds. The van der Waals surface area contributed by atoms with Gasteiger partial charge in [0.2, 0.25) is 0 Å². The second-order valence-corrected chi connectivity index (χ2v) is 4.72. The lowest BCUT2D eigenvalue weighted by Crippen LogP contribution is -1.98. The highest BCUT2D eigenvalue weighted by atomic mass is 79.9. The largest absolute Gasteiger partial charge is 0.493 e. The van der Waals surface area contributed by atoms with Crippen LogP contribution in [0.3, 0.4) is 0 Å². The van der Waals surface area contributed by atoms with Crippen LogP contribution in [0.4, 0.5) is 0 Å². The van der Waals surface area contributed by atoms with Crippen LogP contribution < -0.4 is 9.47 Å². The van der Waals surface area contributed by atoms with Gasteiger partial charge in [-0.3, -0.25) is 0 Å². The maximum atomic E-state index is 8.74. The van der Waals surface area contributed by atoms with Crippen LogP contribution in [0.25, 0.3) is 0 Å². The van der Waals surface area contributed by atoms with Crippen LogP contribution in [-0.2, 0) is 6.61 Å². The average molecular weight is 318 g/mol. The van der Waals surface area contributed by atoms with E-state index in [-0.39, 0.29) is 0 Å². The molecule has 0 atom stereocenters. The van der Waals surface area contributed by atoms with E-state index in [2.05, 4.69) is 22.0 Å². The van der Waals surface area contributed by atoms with Crippen molar-refractivity contribution in [1.29, 1.82) is 5.26 Å². The summed E-state index contributed by atoms with van der Waals surface area (Å²) in [7, 11) is 1.61. The van der Waals surface area contributed by atoms with E-state index in [1.807, 2.05) is 30.3 Å². The molecule has 0 saturated carbocycles.